The first-order chi connectivity index (χ1) is 13.2. The molecule has 3 heterocycles. The first kappa shape index (κ1) is 17.5. The van der Waals surface area contributed by atoms with Crippen LogP contribution in [0.4, 0.5) is 10.5 Å². The predicted octanol–water partition coefficient (Wildman–Crippen LogP) is 4.20. The van der Waals surface area contributed by atoms with E-state index in [-0.39, 0.29) is 12.1 Å². The number of hydrogen-bond donors (Lipinski definition) is 1. The Balaban J connectivity index is 1.66. The minimum absolute atomic E-state index is 0.106. The van der Waals surface area contributed by atoms with E-state index in [0.29, 0.717) is 23.7 Å². The fourth-order valence-electron chi connectivity index (χ4n) is 3.52. The topological polar surface area (TPSA) is 55.7 Å². The summed E-state index contributed by atoms with van der Waals surface area (Å²) in [5, 5.41) is 5.04. The van der Waals surface area contributed by atoms with Gasteiger partial charge in [0, 0.05) is 29.9 Å². The van der Waals surface area contributed by atoms with Gasteiger partial charge in [0.1, 0.15) is 6.04 Å². The maximum atomic E-state index is 13.2. The number of methoxy groups -OCH3 is 2. The molecule has 1 aliphatic heterocycles. The molecule has 27 heavy (non-hydrogen) atoms. The number of thiophene rings is 1. The van der Waals surface area contributed by atoms with Gasteiger partial charge < -0.3 is 24.3 Å². The van der Waals surface area contributed by atoms with E-state index in [1.54, 1.807) is 31.6 Å². The molecule has 0 saturated heterocycles. The van der Waals surface area contributed by atoms with Gasteiger partial charge in [-0.15, -0.1) is 11.3 Å². The molecule has 0 bridgehead atoms. The van der Waals surface area contributed by atoms with Gasteiger partial charge in [-0.2, -0.15) is 0 Å². The number of anilines is 1. The first-order valence-corrected chi connectivity index (χ1v) is 9.58. The number of ether oxygens (including phenoxy) is 2. The highest BCUT2D eigenvalue weighted by Gasteiger charge is 2.33. The summed E-state index contributed by atoms with van der Waals surface area (Å²) < 4.78 is 13.0. The molecule has 0 fully saturated rings. The van der Waals surface area contributed by atoms with Crippen molar-refractivity contribution >= 4 is 23.1 Å². The van der Waals surface area contributed by atoms with Gasteiger partial charge in [-0.1, -0.05) is 12.1 Å². The number of rotatable bonds is 4. The first-order valence-electron chi connectivity index (χ1n) is 8.70. The third-order valence-electron chi connectivity index (χ3n) is 4.76. The van der Waals surface area contributed by atoms with E-state index in [4.69, 9.17) is 9.47 Å². The molecule has 1 aromatic carbocycles. The molecule has 4 rings (SSSR count). The lowest BCUT2D eigenvalue weighted by Gasteiger charge is -2.36. The van der Waals surface area contributed by atoms with Crippen LogP contribution in [0.5, 0.6) is 11.5 Å². The van der Waals surface area contributed by atoms with Crippen LogP contribution in [0, 0.1) is 0 Å². The lowest BCUT2D eigenvalue weighted by atomic mass is 10.1. The quantitative estimate of drug-likeness (QED) is 0.734. The Morgan fingerprint density at radius 1 is 1.11 bits per heavy atom. The van der Waals surface area contributed by atoms with Crippen molar-refractivity contribution in [3.63, 3.8) is 0 Å². The summed E-state index contributed by atoms with van der Waals surface area (Å²) in [7, 11) is 3.14. The summed E-state index contributed by atoms with van der Waals surface area (Å²) in [6.07, 6.45) is 2.07. The Labute approximate surface area is 161 Å². The number of fused-ring (bicyclic) bond motifs is 1. The normalized spacial score (nSPS) is 15.9. The zero-order valence-corrected chi connectivity index (χ0v) is 16.0. The molecule has 0 saturated carbocycles. The Morgan fingerprint density at radius 2 is 2.00 bits per heavy atom. The molecule has 0 aliphatic carbocycles. The number of nitrogens with one attached hydrogen (secondary N) is 1. The van der Waals surface area contributed by atoms with E-state index in [1.165, 1.54) is 0 Å². The fourth-order valence-corrected chi connectivity index (χ4v) is 4.37. The van der Waals surface area contributed by atoms with Crippen LogP contribution >= 0.6 is 11.3 Å². The van der Waals surface area contributed by atoms with Gasteiger partial charge in [0.15, 0.2) is 11.5 Å². The zero-order valence-electron chi connectivity index (χ0n) is 15.2. The summed E-state index contributed by atoms with van der Waals surface area (Å²) in [5.41, 5.74) is 1.71. The molecule has 1 aliphatic rings. The van der Waals surface area contributed by atoms with E-state index < -0.39 is 0 Å². The Kier molecular flexibility index (Phi) is 4.77. The van der Waals surface area contributed by atoms with Crippen LogP contribution in [0.25, 0.3) is 0 Å². The lowest BCUT2D eigenvalue weighted by Crippen LogP contribution is -2.44. The molecule has 1 N–H and O–H groups in total. The highest BCUT2D eigenvalue weighted by atomic mass is 32.1. The third kappa shape index (κ3) is 3.14. The van der Waals surface area contributed by atoms with E-state index in [2.05, 4.69) is 28.2 Å². The number of aromatic nitrogens is 1. The van der Waals surface area contributed by atoms with Crippen molar-refractivity contribution in [1.29, 1.82) is 0 Å². The molecule has 0 radical (unpaired) electrons. The zero-order chi connectivity index (χ0) is 18.8. The second-order valence-corrected chi connectivity index (χ2v) is 7.19. The number of benzene rings is 1. The van der Waals surface area contributed by atoms with Crippen LogP contribution in [0.1, 0.15) is 16.6 Å². The van der Waals surface area contributed by atoms with Crippen LogP contribution < -0.4 is 14.8 Å². The van der Waals surface area contributed by atoms with Crippen molar-refractivity contribution in [2.45, 2.75) is 12.6 Å². The molecule has 140 valence electrons. The molecule has 0 spiro atoms. The van der Waals surface area contributed by atoms with Gasteiger partial charge in [0.2, 0.25) is 0 Å². The number of nitrogens with zero attached hydrogens (tertiary/aromatic N) is 2. The largest absolute Gasteiger partial charge is 0.493 e. The maximum absolute atomic E-state index is 13.2. The Bertz CT molecular complexity index is 936. The molecule has 1 atom stereocenters. The highest BCUT2D eigenvalue weighted by Crippen LogP contribution is 2.37. The number of urea groups is 1. The van der Waals surface area contributed by atoms with E-state index in [0.717, 1.165) is 17.1 Å². The average Bonchev–Trinajstić information content (AvgIpc) is 3.38. The molecular formula is C20H21N3O3S. The molecule has 7 heteroatoms. The third-order valence-corrected chi connectivity index (χ3v) is 5.68. The molecular weight excluding hydrogens is 362 g/mol. The SMILES string of the molecule is COc1cccc(NC(=O)N2CCn3cccc3C2c2cccs2)c1OC. The average molecular weight is 383 g/mol. The van der Waals surface area contributed by atoms with Crippen LogP contribution in [0.15, 0.2) is 54.0 Å². The van der Waals surface area contributed by atoms with Crippen LogP contribution in [0.2, 0.25) is 0 Å². The summed E-state index contributed by atoms with van der Waals surface area (Å²) in [6.45, 7) is 1.40. The van der Waals surface area contributed by atoms with E-state index in [9.17, 15) is 4.79 Å². The van der Waals surface area contributed by atoms with Gasteiger partial charge in [0.05, 0.1) is 19.9 Å². The standard InChI is InChI=1S/C20H21N3O3S/c1-25-16-8-3-6-14(19(16)26-2)21-20(24)23-12-11-22-10-4-7-15(22)18(23)17-9-5-13-27-17/h3-10,13,18H,11-12H2,1-2H3,(H,21,24). The molecule has 1 unspecified atom stereocenters. The summed E-state index contributed by atoms with van der Waals surface area (Å²) in [6, 6.07) is 13.4. The number of hydrogen-bond acceptors (Lipinski definition) is 4. The van der Waals surface area contributed by atoms with Crippen molar-refractivity contribution in [3.8, 4) is 11.5 Å². The second kappa shape index (κ2) is 7.36. The second-order valence-electron chi connectivity index (χ2n) is 6.21. The number of carbonyl (C=O) groups is 1. The summed E-state index contributed by atoms with van der Waals surface area (Å²) >= 11 is 1.66. The van der Waals surface area contributed by atoms with Gasteiger partial charge in [-0.05, 0) is 35.7 Å². The molecule has 6 nitrogen and oxygen atoms in total. The number of para-hydroxylation sites is 1. The molecule has 2 aromatic heterocycles. The van der Waals surface area contributed by atoms with Crippen LogP contribution in [-0.4, -0.2) is 36.3 Å². The van der Waals surface area contributed by atoms with Crippen molar-refractivity contribution < 1.29 is 14.3 Å². The summed E-state index contributed by atoms with van der Waals surface area (Å²) in [5.74, 6) is 1.10. The molecule has 2 amide bonds. The van der Waals surface area contributed by atoms with Gasteiger partial charge in [0.25, 0.3) is 0 Å². The highest BCUT2D eigenvalue weighted by molar-refractivity contribution is 7.10. The fraction of sp³-hybridized carbons (Fsp3) is 0.250. The lowest BCUT2D eigenvalue weighted by molar-refractivity contribution is 0.183. The predicted molar refractivity (Wildman–Crippen MR) is 106 cm³/mol. The van der Waals surface area contributed by atoms with E-state index >= 15 is 0 Å². The number of carbonyl (C=O) groups excluding carboxylic acids is 1. The van der Waals surface area contributed by atoms with Crippen LogP contribution in [-0.2, 0) is 6.54 Å². The Hall–Kier alpha value is -2.93. The minimum atomic E-state index is -0.160. The van der Waals surface area contributed by atoms with Crippen molar-refractivity contribution in [2.75, 3.05) is 26.1 Å². The number of amides is 2. The smallest absolute Gasteiger partial charge is 0.322 e. The monoisotopic (exact) mass is 383 g/mol. The summed E-state index contributed by atoms with van der Waals surface area (Å²) in [4.78, 5) is 16.2. The van der Waals surface area contributed by atoms with Gasteiger partial charge in [-0.3, -0.25) is 0 Å². The minimum Gasteiger partial charge on any atom is -0.493 e. The van der Waals surface area contributed by atoms with Crippen molar-refractivity contribution in [3.05, 3.63) is 64.6 Å². The van der Waals surface area contributed by atoms with Gasteiger partial charge in [-0.25, -0.2) is 4.79 Å². The van der Waals surface area contributed by atoms with Crippen molar-refractivity contribution in [1.82, 2.24) is 9.47 Å². The maximum Gasteiger partial charge on any atom is 0.322 e. The Morgan fingerprint density at radius 3 is 2.74 bits per heavy atom. The van der Waals surface area contributed by atoms with Crippen LogP contribution in [0.3, 0.4) is 0 Å². The van der Waals surface area contributed by atoms with Gasteiger partial charge >= 0.3 is 6.03 Å². The van der Waals surface area contributed by atoms with Crippen molar-refractivity contribution in [2.24, 2.45) is 0 Å². The van der Waals surface area contributed by atoms with E-state index in [1.807, 2.05) is 34.5 Å². The molecule has 3 aromatic rings.